The Bertz CT molecular complexity index is 243. The number of ketones is 1. The summed E-state index contributed by atoms with van der Waals surface area (Å²) in [6.45, 7) is 1.25. The number of halogens is 1. The second kappa shape index (κ2) is 3.28. The number of hydrogen-bond donors (Lipinski definition) is 0. The minimum Gasteiger partial charge on any atom is -0.296 e. The van der Waals surface area contributed by atoms with Crippen molar-refractivity contribution in [3.8, 4) is 0 Å². The van der Waals surface area contributed by atoms with E-state index in [1.54, 1.807) is 30.3 Å². The fraction of sp³-hybridized carbons (Fsp3) is 0.222. The van der Waals surface area contributed by atoms with E-state index in [1.165, 1.54) is 6.92 Å². The first-order chi connectivity index (χ1) is 5.22. The fourth-order valence-corrected chi connectivity index (χ4v) is 0.857. The summed E-state index contributed by atoms with van der Waals surface area (Å²) in [5.41, 5.74) is 0.431. The van der Waals surface area contributed by atoms with Gasteiger partial charge in [0.15, 0.2) is 12.0 Å². The Labute approximate surface area is 64.9 Å². The molecule has 0 saturated carbocycles. The monoisotopic (exact) mass is 152 g/mol. The molecule has 1 aromatic carbocycles. The lowest BCUT2D eigenvalue weighted by molar-refractivity contribution is -0.121. The van der Waals surface area contributed by atoms with Crippen molar-refractivity contribution in [1.29, 1.82) is 0 Å². The molecule has 0 saturated heterocycles. The van der Waals surface area contributed by atoms with Crippen LogP contribution in [0.2, 0.25) is 0 Å². The average molecular weight is 152 g/mol. The van der Waals surface area contributed by atoms with Crippen molar-refractivity contribution in [3.05, 3.63) is 35.9 Å². The fourth-order valence-electron chi connectivity index (χ4n) is 0.857. The first-order valence-corrected chi connectivity index (χ1v) is 3.41. The van der Waals surface area contributed by atoms with E-state index < -0.39 is 12.0 Å². The van der Waals surface area contributed by atoms with E-state index >= 15 is 0 Å². The number of hydrogen-bond acceptors (Lipinski definition) is 1. The van der Waals surface area contributed by atoms with Crippen molar-refractivity contribution in [1.82, 2.24) is 0 Å². The zero-order valence-corrected chi connectivity index (χ0v) is 6.25. The number of Topliss-reactive ketones (excluding diaryl/α,β-unsaturated/α-hetero) is 1. The van der Waals surface area contributed by atoms with Crippen molar-refractivity contribution < 1.29 is 9.18 Å². The van der Waals surface area contributed by atoms with Gasteiger partial charge in [-0.05, 0) is 12.5 Å². The first-order valence-electron chi connectivity index (χ1n) is 3.41. The van der Waals surface area contributed by atoms with Gasteiger partial charge in [-0.15, -0.1) is 0 Å². The maximum Gasteiger partial charge on any atom is 0.183 e. The Balaban J connectivity index is 2.85. The third-order valence-corrected chi connectivity index (χ3v) is 1.45. The molecule has 2 heteroatoms. The van der Waals surface area contributed by atoms with Crippen molar-refractivity contribution >= 4 is 5.78 Å². The van der Waals surface area contributed by atoms with Crippen LogP contribution in [0.3, 0.4) is 0 Å². The molecule has 1 atom stereocenters. The zero-order chi connectivity index (χ0) is 8.27. The molecule has 0 aliphatic carbocycles. The molecule has 11 heavy (non-hydrogen) atoms. The molecular weight excluding hydrogens is 143 g/mol. The Morgan fingerprint density at radius 1 is 1.36 bits per heavy atom. The van der Waals surface area contributed by atoms with Crippen molar-refractivity contribution in [2.75, 3.05) is 0 Å². The molecule has 0 aliphatic rings. The molecule has 0 fully saturated rings. The quantitative estimate of drug-likeness (QED) is 0.635. The molecule has 0 radical (unpaired) electrons. The predicted molar refractivity (Wildman–Crippen MR) is 41.0 cm³/mol. The first kappa shape index (κ1) is 7.92. The Kier molecular flexibility index (Phi) is 2.36. The lowest BCUT2D eigenvalue weighted by Crippen LogP contribution is -2.01. The van der Waals surface area contributed by atoms with Crippen molar-refractivity contribution in [2.45, 2.75) is 13.1 Å². The summed E-state index contributed by atoms with van der Waals surface area (Å²) in [6, 6.07) is 8.42. The highest BCUT2D eigenvalue weighted by molar-refractivity contribution is 5.81. The number of carbonyl (C=O) groups excluding carboxylic acids is 1. The topological polar surface area (TPSA) is 17.1 Å². The second-order valence-corrected chi connectivity index (χ2v) is 2.38. The second-order valence-electron chi connectivity index (χ2n) is 2.38. The zero-order valence-electron chi connectivity index (χ0n) is 6.25. The third-order valence-electron chi connectivity index (χ3n) is 1.45. The molecule has 58 valence electrons. The molecule has 0 bridgehead atoms. The summed E-state index contributed by atoms with van der Waals surface area (Å²) in [5, 5.41) is 0. The summed E-state index contributed by atoms with van der Waals surface area (Å²) in [4.78, 5) is 10.6. The van der Waals surface area contributed by atoms with Crippen LogP contribution in [-0.4, -0.2) is 5.78 Å². The molecule has 0 aromatic heterocycles. The lowest BCUT2D eigenvalue weighted by Gasteiger charge is -2.02. The predicted octanol–water partition coefficient (Wildman–Crippen LogP) is 2.29. The SMILES string of the molecule is CC(=O)[C@@H](F)c1ccccc1. The highest BCUT2D eigenvalue weighted by Crippen LogP contribution is 2.16. The van der Waals surface area contributed by atoms with Crippen LogP contribution in [0, 0.1) is 0 Å². The van der Waals surface area contributed by atoms with Gasteiger partial charge in [0.05, 0.1) is 0 Å². The normalized spacial score (nSPS) is 12.5. The van der Waals surface area contributed by atoms with Crippen LogP contribution >= 0.6 is 0 Å². The molecule has 0 spiro atoms. The summed E-state index contributed by atoms with van der Waals surface area (Å²) in [7, 11) is 0. The van der Waals surface area contributed by atoms with Gasteiger partial charge >= 0.3 is 0 Å². The van der Waals surface area contributed by atoms with Crippen molar-refractivity contribution in [2.24, 2.45) is 0 Å². The van der Waals surface area contributed by atoms with Gasteiger partial charge in [0.2, 0.25) is 0 Å². The Morgan fingerprint density at radius 2 is 1.91 bits per heavy atom. The standard InChI is InChI=1S/C9H9FO/c1-7(11)9(10)8-5-3-2-4-6-8/h2-6,9H,1H3/t9-/m1/s1. The highest BCUT2D eigenvalue weighted by atomic mass is 19.1. The maximum absolute atomic E-state index is 12.9. The molecule has 0 aliphatic heterocycles. The van der Waals surface area contributed by atoms with Crippen LogP contribution in [0.25, 0.3) is 0 Å². The summed E-state index contributed by atoms with van der Waals surface area (Å²) in [5.74, 6) is -0.448. The maximum atomic E-state index is 12.9. The summed E-state index contributed by atoms with van der Waals surface area (Å²) >= 11 is 0. The van der Waals surface area contributed by atoms with Crippen LogP contribution in [0.5, 0.6) is 0 Å². The molecule has 1 aromatic rings. The molecule has 0 amide bonds. The van der Waals surface area contributed by atoms with Crippen LogP contribution in [0.15, 0.2) is 30.3 Å². The number of alkyl halides is 1. The van der Waals surface area contributed by atoms with E-state index in [0.29, 0.717) is 5.56 Å². The molecule has 0 N–H and O–H groups in total. The van der Waals surface area contributed by atoms with Gasteiger partial charge in [0.1, 0.15) is 0 Å². The Hall–Kier alpha value is -1.18. The molecule has 1 nitrogen and oxygen atoms in total. The Morgan fingerprint density at radius 3 is 2.36 bits per heavy atom. The smallest absolute Gasteiger partial charge is 0.183 e. The third kappa shape index (κ3) is 1.87. The lowest BCUT2D eigenvalue weighted by atomic mass is 10.1. The minimum atomic E-state index is -1.46. The number of rotatable bonds is 2. The van der Waals surface area contributed by atoms with E-state index in [1.807, 2.05) is 0 Å². The van der Waals surface area contributed by atoms with E-state index in [2.05, 4.69) is 0 Å². The highest BCUT2D eigenvalue weighted by Gasteiger charge is 2.13. The van der Waals surface area contributed by atoms with Crippen LogP contribution in [-0.2, 0) is 4.79 Å². The summed E-state index contributed by atoms with van der Waals surface area (Å²) in [6.07, 6.45) is -1.46. The van der Waals surface area contributed by atoms with E-state index in [9.17, 15) is 9.18 Å². The minimum absolute atomic E-state index is 0.431. The number of carbonyl (C=O) groups is 1. The van der Waals surface area contributed by atoms with Gasteiger partial charge in [-0.3, -0.25) is 4.79 Å². The van der Waals surface area contributed by atoms with Gasteiger partial charge < -0.3 is 0 Å². The number of benzene rings is 1. The molecule has 0 heterocycles. The van der Waals surface area contributed by atoms with Gasteiger partial charge in [0.25, 0.3) is 0 Å². The largest absolute Gasteiger partial charge is 0.296 e. The van der Waals surface area contributed by atoms with Crippen molar-refractivity contribution in [3.63, 3.8) is 0 Å². The average Bonchev–Trinajstić information content (AvgIpc) is 2.05. The van der Waals surface area contributed by atoms with Gasteiger partial charge in [-0.1, -0.05) is 30.3 Å². The van der Waals surface area contributed by atoms with Gasteiger partial charge in [-0.2, -0.15) is 0 Å². The van der Waals surface area contributed by atoms with Crippen LogP contribution in [0.1, 0.15) is 18.7 Å². The van der Waals surface area contributed by atoms with E-state index in [-0.39, 0.29) is 0 Å². The van der Waals surface area contributed by atoms with E-state index in [4.69, 9.17) is 0 Å². The van der Waals surface area contributed by atoms with Gasteiger partial charge in [-0.25, -0.2) is 4.39 Å². The summed E-state index contributed by atoms with van der Waals surface area (Å²) < 4.78 is 12.9. The van der Waals surface area contributed by atoms with Crippen LogP contribution < -0.4 is 0 Å². The molecule has 0 unspecified atom stereocenters. The molecular formula is C9H9FO. The molecule has 1 rings (SSSR count). The van der Waals surface area contributed by atoms with E-state index in [0.717, 1.165) is 0 Å². The van der Waals surface area contributed by atoms with Gasteiger partial charge in [0, 0.05) is 0 Å². The van der Waals surface area contributed by atoms with Crippen LogP contribution in [0.4, 0.5) is 4.39 Å².